The molecule has 0 aliphatic carbocycles. The van der Waals surface area contributed by atoms with Crippen LogP contribution >= 0.6 is 0 Å². The van der Waals surface area contributed by atoms with E-state index in [1.54, 1.807) is 11.1 Å². The molecule has 1 fully saturated rings. The van der Waals surface area contributed by atoms with Crippen molar-refractivity contribution in [2.75, 3.05) is 62.0 Å². The van der Waals surface area contributed by atoms with Gasteiger partial charge in [-0.25, -0.2) is 20.4 Å². The minimum atomic E-state index is 0.336. The van der Waals surface area contributed by atoms with Crippen LogP contribution in [0.25, 0.3) is 0 Å². The third kappa shape index (κ3) is 6.22. The number of hydrogen-bond donors (Lipinski definition) is 3. The van der Waals surface area contributed by atoms with Crippen molar-refractivity contribution in [2.24, 2.45) is 0 Å². The van der Waals surface area contributed by atoms with Crippen molar-refractivity contribution in [3.05, 3.63) is 72.6 Å². The van der Waals surface area contributed by atoms with Gasteiger partial charge >= 0.3 is 0 Å². The lowest BCUT2D eigenvalue weighted by Gasteiger charge is -2.34. The Hall–Kier alpha value is -3.86. The van der Waals surface area contributed by atoms with E-state index in [-0.39, 0.29) is 0 Å². The number of aldehydes is 1. The van der Waals surface area contributed by atoms with E-state index in [0.717, 1.165) is 43.8 Å². The first-order valence-corrected chi connectivity index (χ1v) is 12.0. The summed E-state index contributed by atoms with van der Waals surface area (Å²) in [6.45, 7) is 9.00. The molecule has 10 heteroatoms. The lowest BCUT2D eigenvalue weighted by atomic mass is 10.2. The Morgan fingerprint density at radius 3 is 2.56 bits per heavy atom. The van der Waals surface area contributed by atoms with E-state index in [1.807, 2.05) is 37.4 Å². The molecule has 3 heterocycles. The van der Waals surface area contributed by atoms with Crippen molar-refractivity contribution in [3.8, 4) is 0 Å². The Morgan fingerprint density at radius 1 is 1.08 bits per heavy atom. The molecule has 36 heavy (non-hydrogen) atoms. The summed E-state index contributed by atoms with van der Waals surface area (Å²) in [6.07, 6.45) is 3.98. The molecule has 3 aromatic rings. The van der Waals surface area contributed by atoms with Crippen molar-refractivity contribution in [2.45, 2.75) is 6.54 Å². The summed E-state index contributed by atoms with van der Waals surface area (Å²) < 4.78 is 0. The smallest absolute Gasteiger partial charge is 0.229 e. The molecule has 1 aliphatic rings. The number of carbonyl (C=O) groups is 1. The van der Waals surface area contributed by atoms with Gasteiger partial charge in [0.05, 0.1) is 11.3 Å². The van der Waals surface area contributed by atoms with Crippen molar-refractivity contribution in [1.82, 2.24) is 30.6 Å². The topological polar surface area (TPSA) is 102 Å². The maximum atomic E-state index is 11.9. The summed E-state index contributed by atoms with van der Waals surface area (Å²) in [5.41, 5.74) is 6.48. The Morgan fingerprint density at radius 2 is 1.86 bits per heavy atom. The lowest BCUT2D eigenvalue weighted by Crippen LogP contribution is -2.44. The summed E-state index contributed by atoms with van der Waals surface area (Å²) in [6, 6.07) is 13.9. The van der Waals surface area contributed by atoms with Crippen LogP contribution in [0.2, 0.25) is 0 Å². The minimum absolute atomic E-state index is 0.336. The molecular weight excluding hydrogens is 454 g/mol. The normalized spacial score (nSPS) is 13.9. The van der Waals surface area contributed by atoms with Gasteiger partial charge in [-0.1, -0.05) is 12.1 Å². The van der Waals surface area contributed by atoms with Crippen LogP contribution < -0.4 is 26.0 Å². The van der Waals surface area contributed by atoms with Crippen LogP contribution in [0.4, 0.5) is 29.0 Å². The van der Waals surface area contributed by atoms with E-state index >= 15 is 0 Å². The van der Waals surface area contributed by atoms with E-state index in [0.29, 0.717) is 36.2 Å². The van der Waals surface area contributed by atoms with Crippen molar-refractivity contribution >= 4 is 35.2 Å². The number of rotatable bonds is 11. The van der Waals surface area contributed by atoms with Gasteiger partial charge in [0.15, 0.2) is 12.1 Å². The fourth-order valence-electron chi connectivity index (χ4n) is 3.95. The van der Waals surface area contributed by atoms with Crippen molar-refractivity contribution in [3.63, 3.8) is 0 Å². The summed E-state index contributed by atoms with van der Waals surface area (Å²) >= 11 is 0. The summed E-state index contributed by atoms with van der Waals surface area (Å²) in [4.78, 5) is 30.3. The predicted octanol–water partition coefficient (Wildman–Crippen LogP) is 2.73. The highest BCUT2D eigenvalue weighted by atomic mass is 16.1. The van der Waals surface area contributed by atoms with Crippen LogP contribution in [-0.4, -0.2) is 73.0 Å². The number of carbonyl (C=O) groups excluding carboxylic acids is 1. The van der Waals surface area contributed by atoms with Crippen LogP contribution in [0.1, 0.15) is 16.1 Å². The molecule has 0 radical (unpaired) electrons. The van der Waals surface area contributed by atoms with Gasteiger partial charge in [0, 0.05) is 56.8 Å². The number of hydrogen-bond acceptors (Lipinski definition) is 10. The third-order valence-corrected chi connectivity index (χ3v) is 5.90. The zero-order chi connectivity index (χ0) is 25.3. The highest BCUT2D eigenvalue weighted by molar-refractivity contribution is 5.84. The summed E-state index contributed by atoms with van der Waals surface area (Å²) in [7, 11) is 4.02. The highest BCUT2D eigenvalue weighted by Crippen LogP contribution is 2.26. The molecule has 0 atom stereocenters. The zero-order valence-corrected chi connectivity index (χ0v) is 20.8. The molecule has 1 aliphatic heterocycles. The van der Waals surface area contributed by atoms with Gasteiger partial charge in [-0.2, -0.15) is 4.98 Å². The lowest BCUT2D eigenvalue weighted by molar-refractivity contribution is 0.112. The standard InChI is InChI=1S/C26H33N9O/c1-4-12-29-35(24-7-5-6-22(30-24)18-27-2)25-20(19-36)17-28-26(32-25)31-21-8-10-23(11-9-21)34-15-13-33(3)14-16-34/h4-11,17,19,27,29H,1,12-16,18H2,2-3H3,(H,28,31,32). The van der Waals surface area contributed by atoms with Gasteiger partial charge < -0.3 is 20.4 Å². The molecule has 188 valence electrons. The average molecular weight is 488 g/mol. The van der Waals surface area contributed by atoms with Gasteiger partial charge in [-0.3, -0.25) is 4.79 Å². The first-order valence-electron chi connectivity index (χ1n) is 12.0. The first kappa shape index (κ1) is 25.2. The van der Waals surface area contributed by atoms with Crippen LogP contribution in [0, 0.1) is 0 Å². The van der Waals surface area contributed by atoms with E-state index in [1.165, 1.54) is 11.9 Å². The SMILES string of the molecule is C=CCNN(c1cccc(CNC)n1)c1nc(Nc2ccc(N3CCN(C)CC3)cc2)ncc1C=O. The quantitative estimate of drug-likeness (QED) is 0.213. The monoisotopic (exact) mass is 487 g/mol. The molecule has 0 unspecified atom stereocenters. The van der Waals surface area contributed by atoms with E-state index in [9.17, 15) is 4.79 Å². The number of benzene rings is 1. The largest absolute Gasteiger partial charge is 0.369 e. The van der Waals surface area contributed by atoms with Crippen LogP contribution in [-0.2, 0) is 6.54 Å². The Balaban J connectivity index is 1.58. The Bertz CT molecular complexity index is 1160. The number of piperazine rings is 1. The molecule has 3 N–H and O–H groups in total. The molecule has 0 bridgehead atoms. The molecule has 1 aromatic carbocycles. The van der Waals surface area contributed by atoms with Crippen molar-refractivity contribution in [1.29, 1.82) is 0 Å². The van der Waals surface area contributed by atoms with Gasteiger partial charge in [0.25, 0.3) is 0 Å². The van der Waals surface area contributed by atoms with Crippen LogP contribution in [0.15, 0.2) is 61.3 Å². The maximum Gasteiger partial charge on any atom is 0.229 e. The second-order valence-corrected chi connectivity index (χ2v) is 8.56. The number of anilines is 5. The second-order valence-electron chi connectivity index (χ2n) is 8.56. The molecule has 1 saturated heterocycles. The highest BCUT2D eigenvalue weighted by Gasteiger charge is 2.19. The molecule has 4 rings (SSSR count). The van der Waals surface area contributed by atoms with E-state index in [4.69, 9.17) is 4.98 Å². The van der Waals surface area contributed by atoms with E-state index < -0.39 is 0 Å². The van der Waals surface area contributed by atoms with E-state index in [2.05, 4.69) is 61.6 Å². The molecule has 0 spiro atoms. The number of aromatic nitrogens is 3. The first-order chi connectivity index (χ1) is 17.6. The van der Waals surface area contributed by atoms with Crippen LogP contribution in [0.5, 0.6) is 0 Å². The van der Waals surface area contributed by atoms with Crippen molar-refractivity contribution < 1.29 is 4.79 Å². The summed E-state index contributed by atoms with van der Waals surface area (Å²) in [5, 5.41) is 8.05. The molecule has 2 aromatic heterocycles. The fourth-order valence-corrected chi connectivity index (χ4v) is 3.95. The number of nitrogens with zero attached hydrogens (tertiary/aromatic N) is 6. The molecule has 0 saturated carbocycles. The Kier molecular flexibility index (Phi) is 8.56. The molecular formula is C26H33N9O. The zero-order valence-electron chi connectivity index (χ0n) is 20.8. The van der Waals surface area contributed by atoms with Gasteiger partial charge in [-0.05, 0) is 50.5 Å². The third-order valence-electron chi connectivity index (χ3n) is 5.90. The van der Waals surface area contributed by atoms with Gasteiger partial charge in [0.2, 0.25) is 5.95 Å². The minimum Gasteiger partial charge on any atom is -0.369 e. The molecule has 10 nitrogen and oxygen atoms in total. The van der Waals surface area contributed by atoms with Gasteiger partial charge in [-0.15, -0.1) is 6.58 Å². The number of pyridine rings is 1. The van der Waals surface area contributed by atoms with Gasteiger partial charge in [0.1, 0.15) is 5.82 Å². The number of hydrazine groups is 1. The summed E-state index contributed by atoms with van der Waals surface area (Å²) in [5.74, 6) is 1.38. The average Bonchev–Trinajstić information content (AvgIpc) is 2.90. The number of nitrogens with one attached hydrogen (secondary N) is 3. The second kappa shape index (κ2) is 12.2. The predicted molar refractivity (Wildman–Crippen MR) is 144 cm³/mol. The number of likely N-dealkylation sites (N-methyl/N-ethyl adjacent to an activating group) is 1. The van der Waals surface area contributed by atoms with Crippen LogP contribution in [0.3, 0.4) is 0 Å². The molecule has 0 amide bonds. The Labute approximate surface area is 212 Å². The fraction of sp³-hybridized carbons (Fsp3) is 0.308. The maximum absolute atomic E-state index is 11.9.